The van der Waals surface area contributed by atoms with Crippen molar-refractivity contribution in [3.8, 4) is 0 Å². The molecule has 2 atom stereocenters. The van der Waals surface area contributed by atoms with E-state index in [1.165, 1.54) is 7.11 Å². The van der Waals surface area contributed by atoms with Gasteiger partial charge in [0.15, 0.2) is 5.96 Å². The van der Waals surface area contributed by atoms with Crippen LogP contribution >= 0.6 is 0 Å². The number of nitrogens with zero attached hydrogens (tertiary/aromatic N) is 3. The predicted octanol–water partition coefficient (Wildman–Crippen LogP) is 2.44. The van der Waals surface area contributed by atoms with Gasteiger partial charge < -0.3 is 15.0 Å². The largest absolute Gasteiger partial charge is 0.469 e. The van der Waals surface area contributed by atoms with Gasteiger partial charge in [0.2, 0.25) is 0 Å². The summed E-state index contributed by atoms with van der Waals surface area (Å²) >= 11 is 0. The molecule has 6 heteroatoms. The van der Waals surface area contributed by atoms with Crippen LogP contribution in [-0.2, 0) is 16.1 Å². The molecule has 1 aliphatic rings. The van der Waals surface area contributed by atoms with Crippen LogP contribution in [0.4, 0.5) is 0 Å². The van der Waals surface area contributed by atoms with Gasteiger partial charge in [-0.25, -0.2) is 4.99 Å². The summed E-state index contributed by atoms with van der Waals surface area (Å²) in [6.07, 6.45) is 1.82. The minimum Gasteiger partial charge on any atom is -0.469 e. The Bertz CT molecular complexity index is 800. The summed E-state index contributed by atoms with van der Waals surface area (Å²) in [4.78, 5) is 23.3. The monoisotopic (exact) mass is 354 g/mol. The van der Waals surface area contributed by atoms with Gasteiger partial charge in [0.05, 0.1) is 25.1 Å². The summed E-state index contributed by atoms with van der Waals surface area (Å²) in [5, 5.41) is 4.47. The Labute approximate surface area is 154 Å². The van der Waals surface area contributed by atoms with Crippen LogP contribution in [0.5, 0.6) is 0 Å². The number of aliphatic imine (C=N–C) groups is 1. The summed E-state index contributed by atoms with van der Waals surface area (Å²) in [7, 11) is 1.45. The van der Waals surface area contributed by atoms with Crippen LogP contribution in [0.3, 0.4) is 0 Å². The van der Waals surface area contributed by atoms with E-state index in [1.807, 2.05) is 30.5 Å². The number of hydrogen-bond donors (Lipinski definition) is 1. The number of carbonyl (C=O) groups is 1. The summed E-state index contributed by atoms with van der Waals surface area (Å²) in [6.45, 7) is 6.92. The van der Waals surface area contributed by atoms with E-state index in [9.17, 15) is 4.79 Å². The van der Waals surface area contributed by atoms with Gasteiger partial charge in [-0.1, -0.05) is 25.1 Å². The minimum absolute atomic E-state index is 0.106. The number of carbonyl (C=O) groups excluding carboxylic acids is 1. The maximum Gasteiger partial charge on any atom is 0.310 e. The average molecular weight is 354 g/mol. The number of benzene rings is 1. The van der Waals surface area contributed by atoms with Crippen LogP contribution in [-0.4, -0.2) is 48.6 Å². The normalized spacial score (nSPS) is 20.4. The lowest BCUT2D eigenvalue weighted by molar-refractivity contribution is -0.145. The van der Waals surface area contributed by atoms with Gasteiger partial charge in [-0.2, -0.15) is 0 Å². The molecule has 1 aromatic carbocycles. The summed E-state index contributed by atoms with van der Waals surface area (Å²) in [5.74, 6) is 0.835. The van der Waals surface area contributed by atoms with Crippen molar-refractivity contribution in [3.63, 3.8) is 0 Å². The SMILES string of the molecule is CCNC(=NCc1ccnc2ccccc12)N1CC(C)C(C(=O)OC)C1. The third-order valence-corrected chi connectivity index (χ3v) is 4.89. The van der Waals surface area contributed by atoms with Crippen molar-refractivity contribution < 1.29 is 9.53 Å². The lowest BCUT2D eigenvalue weighted by Crippen LogP contribution is -2.40. The second kappa shape index (κ2) is 8.17. The summed E-state index contributed by atoms with van der Waals surface area (Å²) in [5.41, 5.74) is 2.12. The first kappa shape index (κ1) is 18.2. The van der Waals surface area contributed by atoms with Gasteiger partial charge in [0.25, 0.3) is 0 Å². The fourth-order valence-electron chi connectivity index (χ4n) is 3.48. The number of rotatable bonds is 4. The zero-order chi connectivity index (χ0) is 18.5. The highest BCUT2D eigenvalue weighted by molar-refractivity contribution is 5.84. The second-order valence-corrected chi connectivity index (χ2v) is 6.67. The molecular formula is C20H26N4O2. The molecule has 1 fully saturated rings. The molecule has 0 bridgehead atoms. The van der Waals surface area contributed by atoms with Crippen molar-refractivity contribution in [2.24, 2.45) is 16.8 Å². The van der Waals surface area contributed by atoms with Crippen LogP contribution in [0, 0.1) is 11.8 Å². The van der Waals surface area contributed by atoms with Crippen molar-refractivity contribution in [1.82, 2.24) is 15.2 Å². The average Bonchev–Trinajstić information content (AvgIpc) is 3.06. The van der Waals surface area contributed by atoms with Crippen LogP contribution in [0.2, 0.25) is 0 Å². The van der Waals surface area contributed by atoms with Crippen LogP contribution < -0.4 is 5.32 Å². The Balaban J connectivity index is 1.80. The van der Waals surface area contributed by atoms with E-state index in [1.54, 1.807) is 0 Å². The molecule has 3 rings (SSSR count). The molecule has 2 aromatic rings. The Kier molecular flexibility index (Phi) is 5.71. The molecule has 1 N–H and O–H groups in total. The topological polar surface area (TPSA) is 66.8 Å². The standard InChI is InChI=1S/C20H26N4O2/c1-4-21-20(24-12-14(2)17(13-24)19(25)26-3)23-11-15-9-10-22-18-8-6-5-7-16(15)18/h5-10,14,17H,4,11-13H2,1-3H3,(H,21,23). The molecule has 1 saturated heterocycles. The number of fused-ring (bicyclic) bond motifs is 1. The van der Waals surface area contributed by atoms with Crippen molar-refractivity contribution >= 4 is 22.8 Å². The van der Waals surface area contributed by atoms with E-state index < -0.39 is 0 Å². The third kappa shape index (κ3) is 3.79. The molecule has 6 nitrogen and oxygen atoms in total. The number of esters is 1. The second-order valence-electron chi connectivity index (χ2n) is 6.67. The number of methoxy groups -OCH3 is 1. The minimum atomic E-state index is -0.143. The Morgan fingerprint density at radius 2 is 2.15 bits per heavy atom. The first-order valence-electron chi connectivity index (χ1n) is 9.07. The molecule has 2 heterocycles. The van der Waals surface area contributed by atoms with Crippen molar-refractivity contribution in [3.05, 3.63) is 42.1 Å². The lowest BCUT2D eigenvalue weighted by atomic mass is 9.99. The smallest absolute Gasteiger partial charge is 0.310 e. The first-order chi connectivity index (χ1) is 12.6. The van der Waals surface area contributed by atoms with E-state index in [0.717, 1.165) is 35.5 Å². The number of pyridine rings is 1. The van der Waals surface area contributed by atoms with Crippen LogP contribution in [0.15, 0.2) is 41.5 Å². The molecule has 0 saturated carbocycles. The Hall–Kier alpha value is -2.63. The highest BCUT2D eigenvalue weighted by atomic mass is 16.5. The molecular weight excluding hydrogens is 328 g/mol. The third-order valence-electron chi connectivity index (χ3n) is 4.89. The fraction of sp³-hybridized carbons (Fsp3) is 0.450. The zero-order valence-corrected chi connectivity index (χ0v) is 15.6. The first-order valence-corrected chi connectivity index (χ1v) is 9.07. The van der Waals surface area contributed by atoms with Gasteiger partial charge in [-0.15, -0.1) is 0 Å². The fourth-order valence-corrected chi connectivity index (χ4v) is 3.48. The van der Waals surface area contributed by atoms with E-state index in [4.69, 9.17) is 9.73 Å². The van der Waals surface area contributed by atoms with Crippen LogP contribution in [0.1, 0.15) is 19.4 Å². The van der Waals surface area contributed by atoms with Gasteiger partial charge in [0.1, 0.15) is 0 Å². The maximum absolute atomic E-state index is 12.0. The molecule has 2 unspecified atom stereocenters. The molecule has 0 aliphatic carbocycles. The number of aromatic nitrogens is 1. The molecule has 0 amide bonds. The number of likely N-dealkylation sites (tertiary alicyclic amines) is 1. The number of para-hydroxylation sites is 1. The van der Waals surface area contributed by atoms with Crippen molar-refractivity contribution in [2.45, 2.75) is 20.4 Å². The number of ether oxygens (including phenoxy) is 1. The van der Waals surface area contributed by atoms with Crippen molar-refractivity contribution in [2.75, 3.05) is 26.7 Å². The van der Waals surface area contributed by atoms with Gasteiger partial charge in [-0.05, 0) is 30.5 Å². The number of guanidine groups is 1. The predicted molar refractivity (Wildman–Crippen MR) is 103 cm³/mol. The molecule has 0 spiro atoms. The van der Waals surface area contributed by atoms with E-state index in [0.29, 0.717) is 13.1 Å². The summed E-state index contributed by atoms with van der Waals surface area (Å²) in [6, 6.07) is 10.1. The van der Waals surface area contributed by atoms with E-state index in [-0.39, 0.29) is 17.8 Å². The lowest BCUT2D eigenvalue weighted by Gasteiger charge is -2.21. The molecule has 1 aromatic heterocycles. The maximum atomic E-state index is 12.0. The van der Waals surface area contributed by atoms with E-state index >= 15 is 0 Å². The van der Waals surface area contributed by atoms with Gasteiger partial charge in [-0.3, -0.25) is 9.78 Å². The highest BCUT2D eigenvalue weighted by Crippen LogP contribution is 2.24. The van der Waals surface area contributed by atoms with E-state index in [2.05, 4.69) is 35.1 Å². The van der Waals surface area contributed by atoms with Gasteiger partial charge in [0, 0.05) is 31.2 Å². The zero-order valence-electron chi connectivity index (χ0n) is 15.6. The molecule has 0 radical (unpaired) electrons. The van der Waals surface area contributed by atoms with Crippen LogP contribution in [0.25, 0.3) is 10.9 Å². The van der Waals surface area contributed by atoms with Crippen molar-refractivity contribution in [1.29, 1.82) is 0 Å². The number of hydrogen-bond acceptors (Lipinski definition) is 4. The Morgan fingerprint density at radius 1 is 1.35 bits per heavy atom. The molecule has 138 valence electrons. The summed E-state index contributed by atoms with van der Waals surface area (Å²) < 4.78 is 4.94. The Morgan fingerprint density at radius 3 is 2.92 bits per heavy atom. The van der Waals surface area contributed by atoms with Gasteiger partial charge >= 0.3 is 5.97 Å². The highest BCUT2D eigenvalue weighted by Gasteiger charge is 2.36. The number of nitrogens with one attached hydrogen (secondary N) is 1. The molecule has 26 heavy (non-hydrogen) atoms. The quantitative estimate of drug-likeness (QED) is 0.519. The molecule has 1 aliphatic heterocycles.